The number of hydrogen-bond acceptors (Lipinski definition) is 1. The predicted molar refractivity (Wildman–Crippen MR) is 53.2 cm³/mol. The largest absolute Gasteiger partial charge is 0.295 e. The van der Waals surface area contributed by atoms with Gasteiger partial charge in [0.2, 0.25) is 0 Å². The molecule has 0 amide bonds. The minimum Gasteiger partial charge on any atom is -0.295 e. The molecule has 1 aromatic rings. The highest BCUT2D eigenvalue weighted by atomic mass is 16.1. The Labute approximate surface area is 78.8 Å². The zero-order valence-corrected chi connectivity index (χ0v) is 8.18. The van der Waals surface area contributed by atoms with Crippen molar-refractivity contribution in [3.8, 4) is 0 Å². The fourth-order valence-electron chi connectivity index (χ4n) is 2.18. The number of carbonyl (C=O) groups is 1. The Kier molecular flexibility index (Phi) is 1.95. The van der Waals surface area contributed by atoms with Crippen LogP contribution in [0, 0.1) is 6.92 Å². The van der Waals surface area contributed by atoms with Gasteiger partial charge in [-0.25, -0.2) is 0 Å². The van der Waals surface area contributed by atoms with E-state index in [1.165, 1.54) is 23.1 Å². The van der Waals surface area contributed by atoms with Crippen LogP contribution in [0.15, 0.2) is 12.1 Å². The van der Waals surface area contributed by atoms with Gasteiger partial charge < -0.3 is 0 Å². The van der Waals surface area contributed by atoms with Gasteiger partial charge in [-0.05, 0) is 50.3 Å². The minimum atomic E-state index is 0.210. The molecule has 0 radical (unpaired) electrons. The maximum Gasteiger partial charge on any atom is 0.160 e. The molecule has 1 aliphatic rings. The van der Waals surface area contributed by atoms with Gasteiger partial charge in [0.15, 0.2) is 5.78 Å². The summed E-state index contributed by atoms with van der Waals surface area (Å²) in [5, 5.41) is 0. The lowest BCUT2D eigenvalue weighted by Crippen LogP contribution is -1.99. The SMILES string of the molecule is CC(=O)c1cc(C)cc2c1CCC2. The van der Waals surface area contributed by atoms with Gasteiger partial charge in [0.05, 0.1) is 0 Å². The van der Waals surface area contributed by atoms with E-state index in [0.717, 1.165) is 18.4 Å². The van der Waals surface area contributed by atoms with Crippen LogP contribution in [0.5, 0.6) is 0 Å². The van der Waals surface area contributed by atoms with E-state index >= 15 is 0 Å². The van der Waals surface area contributed by atoms with E-state index in [-0.39, 0.29) is 5.78 Å². The lowest BCUT2D eigenvalue weighted by atomic mass is 9.98. The molecule has 0 atom stereocenters. The Bertz CT molecular complexity index is 364. The van der Waals surface area contributed by atoms with E-state index in [9.17, 15) is 4.79 Å². The molecule has 0 aliphatic heterocycles. The first-order valence-electron chi connectivity index (χ1n) is 4.82. The van der Waals surface area contributed by atoms with Crippen molar-refractivity contribution in [2.75, 3.05) is 0 Å². The summed E-state index contributed by atoms with van der Waals surface area (Å²) < 4.78 is 0. The molecule has 0 heterocycles. The maximum atomic E-state index is 11.4. The molecule has 0 saturated carbocycles. The lowest BCUT2D eigenvalue weighted by Gasteiger charge is -2.06. The van der Waals surface area contributed by atoms with Crippen molar-refractivity contribution in [1.29, 1.82) is 0 Å². The summed E-state index contributed by atoms with van der Waals surface area (Å²) in [7, 11) is 0. The minimum absolute atomic E-state index is 0.210. The number of fused-ring (bicyclic) bond motifs is 1. The van der Waals surface area contributed by atoms with Gasteiger partial charge >= 0.3 is 0 Å². The topological polar surface area (TPSA) is 17.1 Å². The molecule has 2 rings (SSSR count). The van der Waals surface area contributed by atoms with Crippen molar-refractivity contribution in [1.82, 2.24) is 0 Å². The van der Waals surface area contributed by atoms with Crippen molar-refractivity contribution in [2.45, 2.75) is 33.1 Å². The quantitative estimate of drug-likeness (QED) is 0.598. The number of Topliss-reactive ketones (excluding diaryl/α,β-unsaturated/α-hetero) is 1. The van der Waals surface area contributed by atoms with E-state index in [1.54, 1.807) is 6.92 Å². The van der Waals surface area contributed by atoms with E-state index in [0.29, 0.717) is 0 Å². The van der Waals surface area contributed by atoms with E-state index in [1.807, 2.05) is 6.07 Å². The lowest BCUT2D eigenvalue weighted by molar-refractivity contribution is 0.101. The van der Waals surface area contributed by atoms with Crippen LogP contribution in [0.3, 0.4) is 0 Å². The Morgan fingerprint density at radius 2 is 2.08 bits per heavy atom. The molecule has 0 spiro atoms. The Balaban J connectivity index is 2.62. The number of carbonyl (C=O) groups excluding carboxylic acids is 1. The summed E-state index contributed by atoms with van der Waals surface area (Å²) in [6, 6.07) is 4.24. The second kappa shape index (κ2) is 2.99. The van der Waals surface area contributed by atoms with Gasteiger partial charge in [-0.2, -0.15) is 0 Å². The van der Waals surface area contributed by atoms with Crippen molar-refractivity contribution in [3.63, 3.8) is 0 Å². The van der Waals surface area contributed by atoms with Crippen molar-refractivity contribution < 1.29 is 4.79 Å². The summed E-state index contributed by atoms with van der Waals surface area (Å²) >= 11 is 0. The zero-order chi connectivity index (χ0) is 9.42. The average Bonchev–Trinajstić information content (AvgIpc) is 2.49. The molecule has 68 valence electrons. The van der Waals surface area contributed by atoms with Gasteiger partial charge in [0.25, 0.3) is 0 Å². The summed E-state index contributed by atoms with van der Waals surface area (Å²) in [5.74, 6) is 0.210. The third kappa shape index (κ3) is 1.39. The molecule has 0 N–H and O–H groups in total. The molecule has 1 nitrogen and oxygen atoms in total. The van der Waals surface area contributed by atoms with Crippen LogP contribution in [0.4, 0.5) is 0 Å². The van der Waals surface area contributed by atoms with E-state index < -0.39 is 0 Å². The summed E-state index contributed by atoms with van der Waals surface area (Å²) in [5.41, 5.74) is 4.86. The molecule has 1 aliphatic carbocycles. The summed E-state index contributed by atoms with van der Waals surface area (Å²) in [6.45, 7) is 3.72. The van der Waals surface area contributed by atoms with Crippen LogP contribution in [0.1, 0.15) is 40.4 Å². The number of rotatable bonds is 1. The smallest absolute Gasteiger partial charge is 0.160 e. The Morgan fingerprint density at radius 1 is 1.31 bits per heavy atom. The van der Waals surface area contributed by atoms with Crippen LogP contribution in [0.25, 0.3) is 0 Å². The monoisotopic (exact) mass is 174 g/mol. The molecular weight excluding hydrogens is 160 g/mol. The molecule has 1 aromatic carbocycles. The number of benzene rings is 1. The first-order chi connectivity index (χ1) is 6.18. The molecular formula is C12H14O. The molecule has 0 unspecified atom stereocenters. The molecule has 13 heavy (non-hydrogen) atoms. The predicted octanol–water partition coefficient (Wildman–Crippen LogP) is 2.69. The Morgan fingerprint density at radius 3 is 2.77 bits per heavy atom. The van der Waals surface area contributed by atoms with Crippen LogP contribution in [-0.4, -0.2) is 5.78 Å². The van der Waals surface area contributed by atoms with Crippen LogP contribution >= 0.6 is 0 Å². The van der Waals surface area contributed by atoms with Gasteiger partial charge in [0, 0.05) is 5.56 Å². The highest BCUT2D eigenvalue weighted by molar-refractivity contribution is 5.96. The van der Waals surface area contributed by atoms with Gasteiger partial charge in [-0.3, -0.25) is 4.79 Å². The summed E-state index contributed by atoms with van der Waals surface area (Å²) in [4.78, 5) is 11.4. The molecule has 1 heteroatoms. The van der Waals surface area contributed by atoms with Crippen molar-refractivity contribution >= 4 is 5.78 Å². The maximum absolute atomic E-state index is 11.4. The second-order valence-corrected chi connectivity index (χ2v) is 3.86. The van der Waals surface area contributed by atoms with Gasteiger partial charge in [-0.1, -0.05) is 11.6 Å². The van der Waals surface area contributed by atoms with Crippen LogP contribution in [0.2, 0.25) is 0 Å². The average molecular weight is 174 g/mol. The third-order valence-corrected chi connectivity index (χ3v) is 2.74. The zero-order valence-electron chi connectivity index (χ0n) is 8.18. The first kappa shape index (κ1) is 8.49. The molecule has 0 saturated heterocycles. The number of aryl methyl sites for hydroxylation is 2. The summed E-state index contributed by atoms with van der Waals surface area (Å²) in [6.07, 6.45) is 3.45. The normalized spacial score (nSPS) is 14.3. The van der Waals surface area contributed by atoms with Crippen LogP contribution in [-0.2, 0) is 12.8 Å². The highest BCUT2D eigenvalue weighted by Crippen LogP contribution is 2.27. The van der Waals surface area contributed by atoms with Gasteiger partial charge in [0.1, 0.15) is 0 Å². The molecule has 0 aromatic heterocycles. The molecule has 0 fully saturated rings. The van der Waals surface area contributed by atoms with E-state index in [2.05, 4.69) is 13.0 Å². The third-order valence-electron chi connectivity index (χ3n) is 2.74. The number of ketones is 1. The van der Waals surface area contributed by atoms with Crippen molar-refractivity contribution in [3.05, 3.63) is 34.4 Å². The Hall–Kier alpha value is -1.11. The standard InChI is InChI=1S/C12H14O/c1-8-6-10-4-3-5-11(10)12(7-8)9(2)13/h6-7H,3-5H2,1-2H3. The van der Waals surface area contributed by atoms with Crippen molar-refractivity contribution in [2.24, 2.45) is 0 Å². The molecule has 0 bridgehead atoms. The fourth-order valence-corrected chi connectivity index (χ4v) is 2.18. The number of hydrogen-bond donors (Lipinski definition) is 0. The second-order valence-electron chi connectivity index (χ2n) is 3.86. The van der Waals surface area contributed by atoms with Gasteiger partial charge in [-0.15, -0.1) is 0 Å². The first-order valence-corrected chi connectivity index (χ1v) is 4.82. The fraction of sp³-hybridized carbons (Fsp3) is 0.417. The van der Waals surface area contributed by atoms with Crippen LogP contribution < -0.4 is 0 Å². The van der Waals surface area contributed by atoms with E-state index in [4.69, 9.17) is 0 Å². The highest BCUT2D eigenvalue weighted by Gasteiger charge is 2.17.